The highest BCUT2D eigenvalue weighted by Gasteiger charge is 2.30. The van der Waals surface area contributed by atoms with Gasteiger partial charge < -0.3 is 15.5 Å². The molecule has 13 heteroatoms. The molecule has 1 aromatic carbocycles. The summed E-state index contributed by atoms with van der Waals surface area (Å²) in [6.45, 7) is 0.900. The first kappa shape index (κ1) is 23.7. The van der Waals surface area contributed by atoms with Crippen molar-refractivity contribution in [2.75, 3.05) is 30.4 Å². The van der Waals surface area contributed by atoms with E-state index in [0.717, 1.165) is 28.8 Å². The number of hydrogen-bond donors (Lipinski definition) is 2. The number of nitrogens with zero attached hydrogens (tertiary/aromatic N) is 4. The zero-order valence-corrected chi connectivity index (χ0v) is 18.9. The molecular formula is C21H21F3N6O3S. The normalized spacial score (nSPS) is 14.9. The third-order valence-corrected chi connectivity index (χ3v) is 6.66. The first-order valence-electron chi connectivity index (χ1n) is 10.5. The van der Waals surface area contributed by atoms with Crippen molar-refractivity contribution in [3.63, 3.8) is 0 Å². The molecule has 2 amide bonds. The van der Waals surface area contributed by atoms with Crippen LogP contribution in [0.3, 0.4) is 0 Å². The lowest BCUT2D eigenvalue weighted by Crippen LogP contribution is -2.39. The number of thiazole rings is 1. The van der Waals surface area contributed by atoms with Gasteiger partial charge in [-0.15, -0.1) is 0 Å². The fraction of sp³-hybridized carbons (Fsp3) is 0.381. The topological polar surface area (TPSA) is 109 Å². The van der Waals surface area contributed by atoms with E-state index in [1.165, 1.54) is 17.7 Å². The van der Waals surface area contributed by atoms with Crippen molar-refractivity contribution in [2.24, 2.45) is 5.92 Å². The molecule has 3 heterocycles. The average Bonchev–Trinajstić information content (AvgIpc) is 3.25. The summed E-state index contributed by atoms with van der Waals surface area (Å²) in [7, 11) is 1.61. The smallest absolute Gasteiger partial charge is 0.359 e. The number of halogens is 3. The minimum Gasteiger partial charge on any atom is -0.359 e. The number of anilines is 2. The van der Waals surface area contributed by atoms with Crippen LogP contribution in [0.2, 0.25) is 0 Å². The molecule has 0 bridgehead atoms. The third kappa shape index (κ3) is 5.03. The van der Waals surface area contributed by atoms with Crippen LogP contribution in [0.1, 0.15) is 18.4 Å². The van der Waals surface area contributed by atoms with Gasteiger partial charge in [0.1, 0.15) is 17.6 Å². The zero-order chi connectivity index (χ0) is 24.5. The van der Waals surface area contributed by atoms with Gasteiger partial charge in [-0.3, -0.25) is 19.0 Å². The molecule has 0 spiro atoms. The Balaban J connectivity index is 1.44. The number of carbonyl (C=O) groups is 2. The summed E-state index contributed by atoms with van der Waals surface area (Å²) in [5.74, 6) is -0.610. The lowest BCUT2D eigenvalue weighted by atomic mass is 9.96. The second-order valence-corrected chi connectivity index (χ2v) is 8.80. The first-order valence-corrected chi connectivity index (χ1v) is 11.3. The number of aromatic nitrogens is 3. The first-order chi connectivity index (χ1) is 16.2. The van der Waals surface area contributed by atoms with Gasteiger partial charge in [-0.2, -0.15) is 18.2 Å². The minimum atomic E-state index is -4.47. The Morgan fingerprint density at radius 2 is 1.85 bits per heavy atom. The molecule has 1 saturated heterocycles. The minimum absolute atomic E-state index is 0.0167. The van der Waals surface area contributed by atoms with E-state index in [0.29, 0.717) is 35.8 Å². The Hall–Kier alpha value is -3.48. The monoisotopic (exact) mass is 494 g/mol. The second kappa shape index (κ2) is 9.41. The van der Waals surface area contributed by atoms with Crippen molar-refractivity contribution in [1.29, 1.82) is 0 Å². The van der Waals surface area contributed by atoms with Gasteiger partial charge in [-0.05, 0) is 37.1 Å². The molecule has 0 saturated carbocycles. The predicted molar refractivity (Wildman–Crippen MR) is 121 cm³/mol. The number of benzene rings is 1. The van der Waals surface area contributed by atoms with E-state index in [1.54, 1.807) is 7.05 Å². The van der Waals surface area contributed by atoms with E-state index in [9.17, 15) is 27.6 Å². The van der Waals surface area contributed by atoms with Crippen LogP contribution in [-0.4, -0.2) is 46.5 Å². The molecule has 0 unspecified atom stereocenters. The number of fused-ring (bicyclic) bond motifs is 1. The number of amides is 2. The quantitative estimate of drug-likeness (QED) is 0.564. The molecule has 1 aliphatic heterocycles. The number of alkyl halides is 3. The van der Waals surface area contributed by atoms with E-state index >= 15 is 0 Å². The van der Waals surface area contributed by atoms with Crippen molar-refractivity contribution in [2.45, 2.75) is 25.6 Å². The Bertz CT molecular complexity index is 1260. The molecule has 180 valence electrons. The summed E-state index contributed by atoms with van der Waals surface area (Å²) in [6, 6.07) is 4.03. The Kier molecular flexibility index (Phi) is 6.55. The number of piperidine rings is 1. The molecule has 4 rings (SSSR count). The van der Waals surface area contributed by atoms with Crippen LogP contribution in [0.5, 0.6) is 0 Å². The summed E-state index contributed by atoms with van der Waals surface area (Å²) in [5, 5.41) is 5.76. The Morgan fingerprint density at radius 3 is 2.47 bits per heavy atom. The van der Waals surface area contributed by atoms with E-state index in [4.69, 9.17) is 0 Å². The maximum atomic E-state index is 12.9. The largest absolute Gasteiger partial charge is 0.416 e. The van der Waals surface area contributed by atoms with Crippen LogP contribution in [0.25, 0.3) is 10.3 Å². The Morgan fingerprint density at radius 1 is 1.18 bits per heavy atom. The number of nitrogens with one attached hydrogen (secondary N) is 2. The third-order valence-electron chi connectivity index (χ3n) is 5.57. The maximum absolute atomic E-state index is 12.9. The number of rotatable bonds is 5. The molecule has 3 aromatic rings. The van der Waals surface area contributed by atoms with E-state index in [1.807, 2.05) is 4.90 Å². The molecule has 34 heavy (non-hydrogen) atoms. The highest BCUT2D eigenvalue weighted by atomic mass is 32.1. The van der Waals surface area contributed by atoms with Gasteiger partial charge >= 0.3 is 6.18 Å². The van der Waals surface area contributed by atoms with Crippen LogP contribution in [-0.2, 0) is 22.3 Å². The van der Waals surface area contributed by atoms with E-state index in [2.05, 4.69) is 20.6 Å². The van der Waals surface area contributed by atoms with Crippen LogP contribution in [0.15, 0.2) is 35.4 Å². The lowest BCUT2D eigenvalue weighted by molar-refractivity contribution is -0.137. The molecule has 9 nitrogen and oxygen atoms in total. The molecule has 1 aliphatic rings. The van der Waals surface area contributed by atoms with Crippen molar-refractivity contribution in [3.8, 4) is 0 Å². The zero-order valence-electron chi connectivity index (χ0n) is 18.1. The maximum Gasteiger partial charge on any atom is 0.416 e. The molecule has 0 aliphatic carbocycles. The molecule has 0 atom stereocenters. The highest BCUT2D eigenvalue weighted by molar-refractivity contribution is 7.22. The van der Waals surface area contributed by atoms with Crippen LogP contribution < -0.4 is 21.1 Å². The van der Waals surface area contributed by atoms with Crippen molar-refractivity contribution in [3.05, 3.63) is 46.5 Å². The van der Waals surface area contributed by atoms with Crippen molar-refractivity contribution >= 4 is 44.3 Å². The molecule has 2 aromatic heterocycles. The second-order valence-electron chi connectivity index (χ2n) is 7.83. The van der Waals surface area contributed by atoms with Crippen molar-refractivity contribution < 1.29 is 22.8 Å². The molecule has 1 fully saturated rings. The van der Waals surface area contributed by atoms with Crippen LogP contribution in [0, 0.1) is 5.92 Å². The summed E-state index contributed by atoms with van der Waals surface area (Å²) in [4.78, 5) is 47.6. The number of carbonyl (C=O) groups excluding carboxylic acids is 2. The lowest BCUT2D eigenvalue weighted by Gasteiger charge is -2.30. The summed E-state index contributed by atoms with van der Waals surface area (Å²) in [6.07, 6.45) is -1.89. The van der Waals surface area contributed by atoms with Crippen LogP contribution in [0.4, 0.5) is 24.0 Å². The molecule has 0 radical (unpaired) electrons. The Labute approximate surface area is 195 Å². The van der Waals surface area contributed by atoms with Gasteiger partial charge in [-0.1, -0.05) is 11.3 Å². The van der Waals surface area contributed by atoms with E-state index < -0.39 is 23.2 Å². The van der Waals surface area contributed by atoms with Crippen LogP contribution >= 0.6 is 11.3 Å². The van der Waals surface area contributed by atoms with Gasteiger partial charge in [-0.25, -0.2) is 4.98 Å². The van der Waals surface area contributed by atoms with Gasteiger partial charge in [0.05, 0.1) is 5.56 Å². The van der Waals surface area contributed by atoms with Crippen molar-refractivity contribution in [1.82, 2.24) is 19.9 Å². The van der Waals surface area contributed by atoms with Gasteiger partial charge in [0.2, 0.25) is 11.8 Å². The fourth-order valence-electron chi connectivity index (χ4n) is 3.72. The van der Waals surface area contributed by atoms with E-state index in [-0.39, 0.29) is 29.7 Å². The fourth-order valence-corrected chi connectivity index (χ4v) is 4.74. The SMILES string of the molecule is CNC(=O)C1CCN(c2nc3ncn(CC(=O)Nc4ccc(C(F)(F)F)cc4)c(=O)c3s2)CC1. The van der Waals surface area contributed by atoms with Gasteiger partial charge in [0, 0.05) is 31.7 Å². The predicted octanol–water partition coefficient (Wildman–Crippen LogP) is 2.47. The summed E-state index contributed by atoms with van der Waals surface area (Å²) >= 11 is 1.18. The number of hydrogen-bond acceptors (Lipinski definition) is 7. The summed E-state index contributed by atoms with van der Waals surface area (Å²) < 4.78 is 39.4. The van der Waals surface area contributed by atoms with Gasteiger partial charge in [0.15, 0.2) is 10.8 Å². The summed E-state index contributed by atoms with van der Waals surface area (Å²) in [5.41, 5.74) is -0.801. The molecule has 2 N–H and O–H groups in total. The standard InChI is InChI=1S/C21H21F3N6O3S/c1-25-18(32)12-6-8-29(9-7-12)20-28-17-16(34-20)19(33)30(11-26-17)10-15(31)27-14-4-2-13(3-5-14)21(22,23)24/h2-5,11-12H,6-10H2,1H3,(H,25,32)(H,27,31). The molecular weight excluding hydrogens is 473 g/mol. The average molecular weight is 494 g/mol. The highest BCUT2D eigenvalue weighted by Crippen LogP contribution is 2.30. The van der Waals surface area contributed by atoms with Gasteiger partial charge in [0.25, 0.3) is 5.56 Å².